The minimum atomic E-state index is -0.167. The second kappa shape index (κ2) is 9.20. The lowest BCUT2D eigenvalue weighted by Crippen LogP contribution is -2.26. The van der Waals surface area contributed by atoms with Gasteiger partial charge in [-0.1, -0.05) is 12.1 Å². The summed E-state index contributed by atoms with van der Waals surface area (Å²) < 4.78 is 10.7. The third kappa shape index (κ3) is 5.20. The molecule has 0 spiro atoms. The number of ether oxygens (including phenoxy) is 2. The van der Waals surface area contributed by atoms with Crippen LogP contribution in [-0.4, -0.2) is 43.8 Å². The van der Waals surface area contributed by atoms with E-state index in [-0.39, 0.29) is 12.0 Å². The fraction of sp³-hybridized carbons (Fsp3) is 0.400. The average molecular weight is 355 g/mol. The highest BCUT2D eigenvalue weighted by Gasteiger charge is 2.15. The van der Waals surface area contributed by atoms with Crippen molar-refractivity contribution in [2.24, 2.45) is 0 Å². The molecule has 0 saturated carbocycles. The number of pyridine rings is 1. The van der Waals surface area contributed by atoms with Crippen molar-refractivity contribution in [3.8, 4) is 5.75 Å². The molecule has 2 aromatic rings. The van der Waals surface area contributed by atoms with Crippen LogP contribution in [0.15, 0.2) is 42.6 Å². The number of anilines is 1. The van der Waals surface area contributed by atoms with Gasteiger partial charge in [0, 0.05) is 31.6 Å². The third-order valence-corrected chi connectivity index (χ3v) is 4.41. The molecule has 1 saturated heterocycles. The largest absolute Gasteiger partial charge is 0.497 e. The van der Waals surface area contributed by atoms with Crippen molar-refractivity contribution in [1.82, 2.24) is 10.3 Å². The summed E-state index contributed by atoms with van der Waals surface area (Å²) in [7, 11) is 1.64. The van der Waals surface area contributed by atoms with Crippen LogP contribution in [-0.2, 0) is 11.2 Å². The second-order valence-electron chi connectivity index (χ2n) is 6.30. The lowest BCUT2D eigenvalue weighted by atomic mass is 10.1. The van der Waals surface area contributed by atoms with E-state index < -0.39 is 0 Å². The molecule has 1 aliphatic heterocycles. The molecule has 1 aromatic carbocycles. The number of benzene rings is 1. The van der Waals surface area contributed by atoms with Crippen molar-refractivity contribution < 1.29 is 14.3 Å². The minimum Gasteiger partial charge on any atom is -0.497 e. The summed E-state index contributed by atoms with van der Waals surface area (Å²) in [6.07, 6.45) is 4.86. The van der Waals surface area contributed by atoms with E-state index in [4.69, 9.17) is 9.47 Å². The number of nitrogens with one attached hydrogen (secondary N) is 2. The molecule has 6 nitrogen and oxygen atoms in total. The molecule has 0 radical (unpaired) electrons. The number of rotatable bonds is 8. The molecule has 1 amide bonds. The molecule has 6 heteroatoms. The fourth-order valence-corrected chi connectivity index (χ4v) is 2.90. The predicted octanol–water partition coefficient (Wildman–Crippen LogP) is 2.65. The minimum absolute atomic E-state index is 0.167. The number of carbonyl (C=O) groups excluding carboxylic acids is 1. The van der Waals surface area contributed by atoms with Crippen molar-refractivity contribution >= 4 is 11.6 Å². The van der Waals surface area contributed by atoms with Crippen LogP contribution in [0.1, 0.15) is 28.9 Å². The number of hydrogen-bond donors (Lipinski definition) is 2. The molecule has 1 atom stereocenters. The first-order chi connectivity index (χ1) is 12.7. The van der Waals surface area contributed by atoms with Gasteiger partial charge in [0.2, 0.25) is 0 Å². The average Bonchev–Trinajstić information content (AvgIpc) is 3.21. The Morgan fingerprint density at radius 3 is 2.88 bits per heavy atom. The molecule has 1 aliphatic rings. The highest BCUT2D eigenvalue weighted by atomic mass is 16.5. The van der Waals surface area contributed by atoms with Crippen LogP contribution in [0.2, 0.25) is 0 Å². The highest BCUT2D eigenvalue weighted by molar-refractivity contribution is 5.93. The van der Waals surface area contributed by atoms with E-state index in [0.717, 1.165) is 49.4 Å². The molecule has 26 heavy (non-hydrogen) atoms. The first-order valence-electron chi connectivity index (χ1n) is 8.97. The van der Waals surface area contributed by atoms with E-state index in [9.17, 15) is 4.79 Å². The van der Waals surface area contributed by atoms with Crippen LogP contribution in [0.5, 0.6) is 5.75 Å². The van der Waals surface area contributed by atoms with Gasteiger partial charge in [0.05, 0.1) is 13.2 Å². The molecule has 1 aromatic heterocycles. The maximum Gasteiger partial charge on any atom is 0.269 e. The summed E-state index contributed by atoms with van der Waals surface area (Å²) in [5, 5.41) is 6.23. The van der Waals surface area contributed by atoms with Gasteiger partial charge < -0.3 is 20.1 Å². The zero-order chi connectivity index (χ0) is 18.2. The van der Waals surface area contributed by atoms with Crippen molar-refractivity contribution in [2.45, 2.75) is 25.4 Å². The zero-order valence-electron chi connectivity index (χ0n) is 15.0. The molecule has 3 rings (SSSR count). The van der Waals surface area contributed by atoms with Crippen molar-refractivity contribution in [1.29, 1.82) is 0 Å². The fourth-order valence-electron chi connectivity index (χ4n) is 2.90. The predicted molar refractivity (Wildman–Crippen MR) is 101 cm³/mol. The molecule has 138 valence electrons. The summed E-state index contributed by atoms with van der Waals surface area (Å²) >= 11 is 0. The molecule has 2 heterocycles. The van der Waals surface area contributed by atoms with E-state index in [1.54, 1.807) is 19.4 Å². The van der Waals surface area contributed by atoms with E-state index >= 15 is 0 Å². The van der Waals surface area contributed by atoms with Gasteiger partial charge in [0.1, 0.15) is 11.4 Å². The highest BCUT2D eigenvalue weighted by Crippen LogP contribution is 2.14. The summed E-state index contributed by atoms with van der Waals surface area (Å²) in [4.78, 5) is 16.5. The van der Waals surface area contributed by atoms with Crippen LogP contribution in [0.3, 0.4) is 0 Å². The topological polar surface area (TPSA) is 72.5 Å². The number of carbonyl (C=O) groups is 1. The number of nitrogens with zero attached hydrogens (tertiary/aromatic N) is 1. The Morgan fingerprint density at radius 1 is 1.31 bits per heavy atom. The Kier molecular flexibility index (Phi) is 6.44. The van der Waals surface area contributed by atoms with E-state index in [1.165, 1.54) is 0 Å². The standard InChI is InChI=1S/C20H25N3O3/c1-25-17-6-4-15(5-7-17)8-10-22-20(24)19-13-16(9-11-21-19)23-14-18-3-2-12-26-18/h4-7,9,11,13,18H,2-3,8,10,12,14H2,1H3,(H,21,23)(H,22,24). The molecule has 1 unspecified atom stereocenters. The number of aromatic nitrogens is 1. The van der Waals surface area contributed by atoms with Gasteiger partial charge in [0.15, 0.2) is 0 Å². The Morgan fingerprint density at radius 2 is 2.15 bits per heavy atom. The SMILES string of the molecule is COc1ccc(CCNC(=O)c2cc(NCC3CCCO3)ccn2)cc1. The van der Waals surface area contributed by atoms with E-state index in [2.05, 4.69) is 15.6 Å². The number of hydrogen-bond acceptors (Lipinski definition) is 5. The van der Waals surface area contributed by atoms with Gasteiger partial charge in [-0.15, -0.1) is 0 Å². The normalized spacial score (nSPS) is 16.3. The Balaban J connectivity index is 1.46. The molecule has 0 bridgehead atoms. The van der Waals surface area contributed by atoms with Gasteiger partial charge in [-0.2, -0.15) is 0 Å². The van der Waals surface area contributed by atoms with Crippen molar-refractivity contribution in [3.05, 3.63) is 53.9 Å². The Hall–Kier alpha value is -2.60. The molecule has 1 fully saturated rings. The van der Waals surface area contributed by atoms with Gasteiger partial charge in [-0.05, 0) is 49.1 Å². The lowest BCUT2D eigenvalue weighted by molar-refractivity contribution is 0.0949. The monoisotopic (exact) mass is 355 g/mol. The maximum atomic E-state index is 12.3. The summed E-state index contributed by atoms with van der Waals surface area (Å²) in [5.74, 6) is 0.661. The number of amides is 1. The van der Waals surface area contributed by atoms with E-state index in [1.807, 2.05) is 30.3 Å². The van der Waals surface area contributed by atoms with Crippen LogP contribution in [0, 0.1) is 0 Å². The first kappa shape index (κ1) is 18.2. The summed E-state index contributed by atoms with van der Waals surface area (Å²) in [6, 6.07) is 11.5. The molecule has 0 aliphatic carbocycles. The molecular formula is C20H25N3O3. The first-order valence-corrected chi connectivity index (χ1v) is 8.97. The Bertz CT molecular complexity index is 712. The summed E-state index contributed by atoms with van der Waals surface area (Å²) in [5.41, 5.74) is 2.44. The smallest absolute Gasteiger partial charge is 0.269 e. The van der Waals surface area contributed by atoms with Gasteiger partial charge >= 0.3 is 0 Å². The molecule has 2 N–H and O–H groups in total. The summed E-state index contributed by atoms with van der Waals surface area (Å²) in [6.45, 7) is 2.15. The van der Waals surface area contributed by atoms with E-state index in [0.29, 0.717) is 12.2 Å². The zero-order valence-corrected chi connectivity index (χ0v) is 15.0. The van der Waals surface area contributed by atoms with Crippen LogP contribution < -0.4 is 15.4 Å². The molecular weight excluding hydrogens is 330 g/mol. The van der Waals surface area contributed by atoms with Gasteiger partial charge in [-0.3, -0.25) is 9.78 Å². The lowest BCUT2D eigenvalue weighted by Gasteiger charge is -2.12. The quantitative estimate of drug-likeness (QED) is 0.762. The number of methoxy groups -OCH3 is 1. The van der Waals surface area contributed by atoms with Crippen molar-refractivity contribution in [2.75, 3.05) is 32.1 Å². The van der Waals surface area contributed by atoms with Gasteiger partial charge in [0.25, 0.3) is 5.91 Å². The third-order valence-electron chi connectivity index (χ3n) is 4.41. The second-order valence-corrected chi connectivity index (χ2v) is 6.30. The van der Waals surface area contributed by atoms with Crippen molar-refractivity contribution in [3.63, 3.8) is 0 Å². The Labute approximate surface area is 153 Å². The van der Waals surface area contributed by atoms with Crippen LogP contribution in [0.25, 0.3) is 0 Å². The van der Waals surface area contributed by atoms with Gasteiger partial charge in [-0.25, -0.2) is 0 Å². The van der Waals surface area contributed by atoms with Crippen LogP contribution in [0.4, 0.5) is 5.69 Å². The maximum absolute atomic E-state index is 12.3. The van der Waals surface area contributed by atoms with Crippen LogP contribution >= 0.6 is 0 Å².